The second kappa shape index (κ2) is 7.62. The molecule has 20 heavy (non-hydrogen) atoms. The van der Waals surface area contributed by atoms with Crippen molar-refractivity contribution >= 4 is 11.8 Å². The van der Waals surface area contributed by atoms with Gasteiger partial charge in [0, 0.05) is 19.0 Å². The minimum Gasteiger partial charge on any atom is -0.409 e. The summed E-state index contributed by atoms with van der Waals surface area (Å²) in [5, 5.41) is 20.1. The molecule has 0 unspecified atom stereocenters. The molecule has 112 valence electrons. The van der Waals surface area contributed by atoms with E-state index in [1.807, 2.05) is 11.8 Å². The van der Waals surface area contributed by atoms with E-state index in [2.05, 4.69) is 41.1 Å². The SMILES string of the molecule is CCc1nnc(N(CCC(N)=NO)C(C)C)nc1CC. The van der Waals surface area contributed by atoms with Gasteiger partial charge in [0.25, 0.3) is 0 Å². The van der Waals surface area contributed by atoms with Gasteiger partial charge in [0.05, 0.1) is 11.4 Å². The van der Waals surface area contributed by atoms with Crippen molar-refractivity contribution in [2.45, 2.75) is 53.0 Å². The Hall–Kier alpha value is -1.92. The van der Waals surface area contributed by atoms with Crippen molar-refractivity contribution < 1.29 is 5.21 Å². The lowest BCUT2D eigenvalue weighted by Gasteiger charge is -2.26. The first-order chi connectivity index (χ1) is 9.53. The van der Waals surface area contributed by atoms with Crippen LogP contribution < -0.4 is 10.6 Å². The monoisotopic (exact) mass is 280 g/mol. The third kappa shape index (κ3) is 4.04. The standard InChI is InChI=1S/C13H24N6O/c1-5-10-11(6-2)16-17-13(15-10)19(9(3)4)8-7-12(14)18-20/h9,20H,5-8H2,1-4H3,(H2,14,18). The normalized spacial score (nSPS) is 11.9. The van der Waals surface area contributed by atoms with Gasteiger partial charge in [-0.1, -0.05) is 19.0 Å². The summed E-state index contributed by atoms with van der Waals surface area (Å²) in [7, 11) is 0. The van der Waals surface area contributed by atoms with Gasteiger partial charge in [0.15, 0.2) is 0 Å². The first-order valence-corrected chi connectivity index (χ1v) is 6.98. The van der Waals surface area contributed by atoms with Crippen molar-refractivity contribution in [1.82, 2.24) is 15.2 Å². The van der Waals surface area contributed by atoms with Gasteiger partial charge in [0.2, 0.25) is 5.95 Å². The molecule has 1 aromatic rings. The predicted molar refractivity (Wildman–Crippen MR) is 79.1 cm³/mol. The molecule has 0 bridgehead atoms. The van der Waals surface area contributed by atoms with Crippen LogP contribution in [0.4, 0.5) is 5.95 Å². The largest absolute Gasteiger partial charge is 0.409 e. The number of oxime groups is 1. The molecule has 0 atom stereocenters. The summed E-state index contributed by atoms with van der Waals surface area (Å²) in [6.07, 6.45) is 2.11. The smallest absolute Gasteiger partial charge is 0.245 e. The Balaban J connectivity index is 2.97. The molecular formula is C13H24N6O. The summed E-state index contributed by atoms with van der Waals surface area (Å²) in [6.45, 7) is 8.79. The van der Waals surface area contributed by atoms with Crippen LogP contribution in [0.1, 0.15) is 45.5 Å². The Kier molecular flexibility index (Phi) is 6.14. The van der Waals surface area contributed by atoms with Crippen molar-refractivity contribution in [2.75, 3.05) is 11.4 Å². The van der Waals surface area contributed by atoms with Crippen LogP contribution in [-0.2, 0) is 12.8 Å². The van der Waals surface area contributed by atoms with Crippen LogP contribution in [0.5, 0.6) is 0 Å². The van der Waals surface area contributed by atoms with Crippen molar-refractivity contribution in [3.8, 4) is 0 Å². The average Bonchev–Trinajstić information content (AvgIpc) is 2.46. The zero-order valence-corrected chi connectivity index (χ0v) is 12.7. The zero-order valence-electron chi connectivity index (χ0n) is 12.7. The number of aryl methyl sites for hydroxylation is 2. The van der Waals surface area contributed by atoms with Crippen LogP contribution in [0.25, 0.3) is 0 Å². The number of amidine groups is 1. The van der Waals surface area contributed by atoms with Gasteiger partial charge >= 0.3 is 0 Å². The van der Waals surface area contributed by atoms with Crippen molar-refractivity contribution in [3.63, 3.8) is 0 Å². The van der Waals surface area contributed by atoms with Crippen LogP contribution >= 0.6 is 0 Å². The Morgan fingerprint density at radius 1 is 1.25 bits per heavy atom. The van der Waals surface area contributed by atoms with Crippen LogP contribution in [0, 0.1) is 0 Å². The minimum absolute atomic E-state index is 0.199. The summed E-state index contributed by atoms with van der Waals surface area (Å²) in [5.74, 6) is 0.796. The molecular weight excluding hydrogens is 256 g/mol. The van der Waals surface area contributed by atoms with Crippen LogP contribution in [0.3, 0.4) is 0 Å². The lowest BCUT2D eigenvalue weighted by molar-refractivity contribution is 0.317. The molecule has 1 aromatic heterocycles. The van der Waals surface area contributed by atoms with Crippen molar-refractivity contribution in [3.05, 3.63) is 11.4 Å². The Bertz CT molecular complexity index is 460. The summed E-state index contributed by atoms with van der Waals surface area (Å²) in [4.78, 5) is 6.60. The zero-order chi connectivity index (χ0) is 15.1. The maximum Gasteiger partial charge on any atom is 0.245 e. The lowest BCUT2D eigenvalue weighted by Crippen LogP contribution is -2.36. The fourth-order valence-electron chi connectivity index (χ4n) is 1.92. The molecule has 0 saturated carbocycles. The van der Waals surface area contributed by atoms with E-state index in [1.54, 1.807) is 0 Å². The molecule has 0 spiro atoms. The topological polar surface area (TPSA) is 101 Å². The summed E-state index contributed by atoms with van der Waals surface area (Å²) >= 11 is 0. The van der Waals surface area contributed by atoms with E-state index in [1.165, 1.54) is 0 Å². The number of nitrogens with two attached hydrogens (primary N) is 1. The second-order valence-electron chi connectivity index (χ2n) is 4.84. The highest BCUT2D eigenvalue weighted by molar-refractivity contribution is 5.80. The second-order valence-corrected chi connectivity index (χ2v) is 4.84. The molecule has 0 radical (unpaired) electrons. The molecule has 1 heterocycles. The summed E-state index contributed by atoms with van der Waals surface area (Å²) in [5.41, 5.74) is 7.44. The van der Waals surface area contributed by atoms with E-state index in [4.69, 9.17) is 10.9 Å². The van der Waals surface area contributed by atoms with E-state index < -0.39 is 0 Å². The van der Waals surface area contributed by atoms with Gasteiger partial charge in [0.1, 0.15) is 5.84 Å². The number of aromatic nitrogens is 3. The van der Waals surface area contributed by atoms with Crippen LogP contribution in [0.15, 0.2) is 5.16 Å². The van der Waals surface area contributed by atoms with E-state index in [9.17, 15) is 0 Å². The van der Waals surface area contributed by atoms with Gasteiger partial charge < -0.3 is 15.8 Å². The molecule has 7 nitrogen and oxygen atoms in total. The van der Waals surface area contributed by atoms with Crippen molar-refractivity contribution in [1.29, 1.82) is 0 Å². The summed E-state index contributed by atoms with van der Waals surface area (Å²) < 4.78 is 0. The van der Waals surface area contributed by atoms with Crippen LogP contribution in [0.2, 0.25) is 0 Å². The van der Waals surface area contributed by atoms with E-state index in [0.29, 0.717) is 18.9 Å². The first-order valence-electron chi connectivity index (χ1n) is 6.98. The van der Waals surface area contributed by atoms with Gasteiger partial charge in [-0.05, 0) is 26.7 Å². The van der Waals surface area contributed by atoms with E-state index in [0.717, 1.165) is 24.2 Å². The number of nitrogens with zero attached hydrogens (tertiary/aromatic N) is 5. The Morgan fingerprint density at radius 2 is 1.90 bits per heavy atom. The number of rotatable bonds is 7. The maximum absolute atomic E-state index is 8.61. The summed E-state index contributed by atoms with van der Waals surface area (Å²) in [6, 6.07) is 0.209. The lowest BCUT2D eigenvalue weighted by atomic mass is 10.2. The fraction of sp³-hybridized carbons (Fsp3) is 0.692. The first kappa shape index (κ1) is 16.1. The minimum atomic E-state index is 0.199. The average molecular weight is 280 g/mol. The van der Waals surface area contributed by atoms with E-state index in [-0.39, 0.29) is 11.9 Å². The van der Waals surface area contributed by atoms with Crippen LogP contribution in [-0.4, -0.2) is 38.8 Å². The molecule has 0 aliphatic carbocycles. The molecule has 0 saturated heterocycles. The van der Waals surface area contributed by atoms with Gasteiger partial charge in [-0.25, -0.2) is 4.98 Å². The molecule has 3 N–H and O–H groups in total. The molecule has 0 aliphatic heterocycles. The van der Waals surface area contributed by atoms with Gasteiger partial charge in [-0.15, -0.1) is 5.10 Å². The third-order valence-electron chi connectivity index (χ3n) is 3.12. The maximum atomic E-state index is 8.61. The number of hydrogen-bond donors (Lipinski definition) is 2. The Labute approximate surface area is 119 Å². The highest BCUT2D eigenvalue weighted by Gasteiger charge is 2.16. The molecule has 7 heteroatoms. The molecule has 1 rings (SSSR count). The predicted octanol–water partition coefficient (Wildman–Crippen LogP) is 1.35. The Morgan fingerprint density at radius 3 is 2.40 bits per heavy atom. The number of anilines is 1. The molecule has 0 aliphatic rings. The number of hydrogen-bond acceptors (Lipinski definition) is 6. The van der Waals surface area contributed by atoms with E-state index >= 15 is 0 Å². The highest BCUT2D eigenvalue weighted by Crippen LogP contribution is 2.14. The fourth-order valence-corrected chi connectivity index (χ4v) is 1.92. The molecule has 0 fully saturated rings. The van der Waals surface area contributed by atoms with Gasteiger partial charge in [-0.3, -0.25) is 0 Å². The molecule has 0 aromatic carbocycles. The van der Waals surface area contributed by atoms with Crippen molar-refractivity contribution in [2.24, 2.45) is 10.9 Å². The highest BCUT2D eigenvalue weighted by atomic mass is 16.4. The third-order valence-corrected chi connectivity index (χ3v) is 3.12. The quantitative estimate of drug-likeness (QED) is 0.338. The van der Waals surface area contributed by atoms with Gasteiger partial charge in [-0.2, -0.15) is 5.10 Å². The molecule has 0 amide bonds.